The van der Waals surface area contributed by atoms with Crippen LogP contribution in [-0.4, -0.2) is 21.8 Å². The Balaban J connectivity index is 1.63. The van der Waals surface area contributed by atoms with E-state index in [1.807, 2.05) is 36.5 Å². The van der Waals surface area contributed by atoms with Crippen LogP contribution in [0.5, 0.6) is 0 Å². The van der Waals surface area contributed by atoms with Gasteiger partial charge in [0.25, 0.3) is 0 Å². The molecule has 0 spiro atoms. The van der Waals surface area contributed by atoms with Gasteiger partial charge in [-0.3, -0.25) is 0 Å². The van der Waals surface area contributed by atoms with E-state index in [-0.39, 0.29) is 5.92 Å². The van der Waals surface area contributed by atoms with Crippen LogP contribution in [-0.2, 0) is 0 Å². The van der Waals surface area contributed by atoms with Crippen LogP contribution in [0.1, 0.15) is 29.7 Å². The van der Waals surface area contributed by atoms with Crippen LogP contribution in [0.2, 0.25) is 0 Å². The summed E-state index contributed by atoms with van der Waals surface area (Å²) in [6.07, 6.45) is 5.83. The van der Waals surface area contributed by atoms with Crippen LogP contribution in [0.3, 0.4) is 0 Å². The molecular weight excluding hydrogens is 389 g/mol. The third kappa shape index (κ3) is 2.34. The number of aliphatic hydroxyl groups excluding tert-OH is 1. The van der Waals surface area contributed by atoms with Gasteiger partial charge in [0.1, 0.15) is 12.0 Å². The molecule has 1 N–H and O–H groups in total. The molecule has 2 aliphatic heterocycles. The van der Waals surface area contributed by atoms with Crippen molar-refractivity contribution in [2.24, 2.45) is 9.98 Å². The summed E-state index contributed by atoms with van der Waals surface area (Å²) in [5.41, 5.74) is 2.99. The average Bonchev–Trinajstić information content (AvgIpc) is 3.16. The topological polar surface area (TPSA) is 49.9 Å². The molecule has 0 bridgehead atoms. The van der Waals surface area contributed by atoms with Crippen LogP contribution >= 0.6 is 22.6 Å². The van der Waals surface area contributed by atoms with Gasteiger partial charge in [0, 0.05) is 21.4 Å². The Labute approximate surface area is 142 Å². The minimum atomic E-state index is -0.494. The Kier molecular flexibility index (Phi) is 3.46. The number of halogens is 1. The van der Waals surface area contributed by atoms with Crippen molar-refractivity contribution in [3.05, 3.63) is 69.2 Å². The summed E-state index contributed by atoms with van der Waals surface area (Å²) in [5, 5.41) is 10.6. The summed E-state index contributed by atoms with van der Waals surface area (Å²) in [7, 11) is 0. The minimum Gasteiger partial charge on any atom is -0.388 e. The van der Waals surface area contributed by atoms with E-state index in [1.54, 1.807) is 6.34 Å². The van der Waals surface area contributed by atoms with Crippen molar-refractivity contribution in [1.29, 1.82) is 0 Å². The zero-order chi connectivity index (χ0) is 15.1. The van der Waals surface area contributed by atoms with Crippen molar-refractivity contribution < 1.29 is 5.11 Å². The molecule has 5 heteroatoms. The summed E-state index contributed by atoms with van der Waals surface area (Å²) in [4.78, 5) is 8.62. The number of rotatable bonds is 3. The highest BCUT2D eigenvalue weighted by molar-refractivity contribution is 14.1. The molecule has 1 aromatic heterocycles. The lowest BCUT2D eigenvalue weighted by Gasteiger charge is -2.24. The molecule has 3 heterocycles. The van der Waals surface area contributed by atoms with Gasteiger partial charge in [-0.1, -0.05) is 12.1 Å². The van der Waals surface area contributed by atoms with E-state index in [4.69, 9.17) is 0 Å². The first-order valence-corrected chi connectivity index (χ1v) is 8.24. The fourth-order valence-corrected chi connectivity index (χ4v) is 3.35. The predicted molar refractivity (Wildman–Crippen MR) is 95.3 cm³/mol. The summed E-state index contributed by atoms with van der Waals surface area (Å²) in [6, 6.07) is 12.1. The van der Waals surface area contributed by atoms with Gasteiger partial charge in [-0.2, -0.15) is 0 Å². The largest absolute Gasteiger partial charge is 0.388 e. The first-order valence-electron chi connectivity index (χ1n) is 7.16. The normalized spacial score (nSPS) is 20.2. The number of benzene rings is 1. The van der Waals surface area contributed by atoms with Gasteiger partial charge in [0.05, 0.1) is 6.10 Å². The van der Waals surface area contributed by atoms with Crippen LogP contribution in [0.4, 0.5) is 0 Å². The van der Waals surface area contributed by atoms with E-state index < -0.39 is 6.10 Å². The highest BCUT2D eigenvalue weighted by atomic mass is 127. The highest BCUT2D eigenvalue weighted by Crippen LogP contribution is 2.35. The Morgan fingerprint density at radius 2 is 2.05 bits per heavy atom. The molecule has 2 aromatic rings. The van der Waals surface area contributed by atoms with Gasteiger partial charge in [-0.25, -0.2) is 9.98 Å². The summed E-state index contributed by atoms with van der Waals surface area (Å²) in [5.74, 6) is 1.01. The Morgan fingerprint density at radius 3 is 2.86 bits per heavy atom. The number of hydrogen-bond acceptors (Lipinski definition) is 3. The molecule has 4 rings (SSSR count). The third-order valence-corrected chi connectivity index (χ3v) is 4.80. The average molecular weight is 403 g/mol. The van der Waals surface area contributed by atoms with Crippen LogP contribution in [0.25, 0.3) is 0 Å². The molecule has 2 atom stereocenters. The Bertz CT molecular complexity index is 802. The molecule has 0 aliphatic carbocycles. The lowest BCUT2D eigenvalue weighted by atomic mass is 9.91. The lowest BCUT2D eigenvalue weighted by Crippen LogP contribution is -2.21. The first kappa shape index (κ1) is 13.9. The molecule has 0 amide bonds. The zero-order valence-electron chi connectivity index (χ0n) is 11.7. The summed E-state index contributed by atoms with van der Waals surface area (Å²) < 4.78 is 3.23. The molecule has 2 unspecified atom stereocenters. The molecule has 0 radical (unpaired) electrons. The predicted octanol–water partition coefficient (Wildman–Crippen LogP) is 3.49. The molecule has 0 saturated heterocycles. The molecule has 0 fully saturated rings. The van der Waals surface area contributed by atoms with E-state index in [2.05, 4.69) is 49.3 Å². The third-order valence-electron chi connectivity index (χ3n) is 4.09. The Hall–Kier alpha value is -1.73. The molecule has 22 heavy (non-hydrogen) atoms. The fraction of sp³-hybridized carbons (Fsp3) is 0.176. The van der Waals surface area contributed by atoms with E-state index in [0.29, 0.717) is 6.42 Å². The first-order chi connectivity index (χ1) is 10.7. The van der Waals surface area contributed by atoms with Crippen LogP contribution in [0.15, 0.2) is 64.4 Å². The number of allylic oxidation sites excluding steroid dienone is 2. The molecular formula is C17H14IN3O. The number of hydrogen-bond donors (Lipinski definition) is 1. The second-order valence-corrected chi connectivity index (χ2v) is 6.71. The molecule has 0 saturated carbocycles. The molecule has 2 aliphatic rings. The van der Waals surface area contributed by atoms with Gasteiger partial charge < -0.3 is 9.67 Å². The van der Waals surface area contributed by atoms with Gasteiger partial charge >= 0.3 is 0 Å². The van der Waals surface area contributed by atoms with E-state index >= 15 is 0 Å². The van der Waals surface area contributed by atoms with Gasteiger partial charge in [-0.15, -0.1) is 0 Å². The van der Waals surface area contributed by atoms with Crippen molar-refractivity contribution in [3.63, 3.8) is 0 Å². The monoisotopic (exact) mass is 403 g/mol. The highest BCUT2D eigenvalue weighted by Gasteiger charge is 2.27. The van der Waals surface area contributed by atoms with Crippen molar-refractivity contribution in [1.82, 2.24) is 4.57 Å². The van der Waals surface area contributed by atoms with E-state index in [1.165, 1.54) is 3.57 Å². The minimum absolute atomic E-state index is 0.133. The van der Waals surface area contributed by atoms with Gasteiger partial charge in [0.15, 0.2) is 5.84 Å². The standard InChI is InChI=1S/C17H14IN3O/c18-13-5-3-11(4-6-13)16(22)9-12-8-14-17(20-10-19-14)21-7-1-2-15(12)21/h1-8,10,12,16,22H,9H2. The van der Waals surface area contributed by atoms with Crippen molar-refractivity contribution in [2.75, 3.05) is 0 Å². The maximum Gasteiger partial charge on any atom is 0.164 e. The number of aromatic nitrogens is 1. The molecule has 4 nitrogen and oxygen atoms in total. The number of nitrogens with zero attached hydrogens (tertiary/aromatic N) is 3. The zero-order valence-corrected chi connectivity index (χ0v) is 13.9. The molecule has 1 aromatic carbocycles. The SMILES string of the molecule is OC(CC1C=C2N=CN=C2n2cccc21)c1ccc(I)cc1. The number of aliphatic imine (C=N–C) groups is 2. The van der Waals surface area contributed by atoms with Crippen LogP contribution < -0.4 is 0 Å². The van der Waals surface area contributed by atoms with Crippen LogP contribution in [0, 0.1) is 3.57 Å². The summed E-state index contributed by atoms with van der Waals surface area (Å²) >= 11 is 2.27. The molecule has 110 valence electrons. The smallest absolute Gasteiger partial charge is 0.164 e. The van der Waals surface area contributed by atoms with Crippen molar-refractivity contribution >= 4 is 34.8 Å². The van der Waals surface area contributed by atoms with Gasteiger partial charge in [-0.05, 0) is 64.9 Å². The van der Waals surface area contributed by atoms with E-state index in [0.717, 1.165) is 22.8 Å². The quantitative estimate of drug-likeness (QED) is 0.784. The number of fused-ring (bicyclic) bond motifs is 3. The Morgan fingerprint density at radius 1 is 1.23 bits per heavy atom. The van der Waals surface area contributed by atoms with Crippen molar-refractivity contribution in [3.8, 4) is 0 Å². The van der Waals surface area contributed by atoms with E-state index in [9.17, 15) is 5.11 Å². The fourth-order valence-electron chi connectivity index (χ4n) is 2.99. The second kappa shape index (κ2) is 5.48. The second-order valence-electron chi connectivity index (χ2n) is 5.46. The maximum absolute atomic E-state index is 10.6. The lowest BCUT2D eigenvalue weighted by molar-refractivity contribution is 0.162. The summed E-state index contributed by atoms with van der Waals surface area (Å²) in [6.45, 7) is 0. The van der Waals surface area contributed by atoms with Crippen molar-refractivity contribution in [2.45, 2.75) is 18.4 Å². The van der Waals surface area contributed by atoms with Gasteiger partial charge in [0.2, 0.25) is 0 Å². The number of aliphatic hydroxyl groups is 1. The maximum atomic E-state index is 10.6.